The van der Waals surface area contributed by atoms with Crippen LogP contribution in [0.1, 0.15) is 18.4 Å². The summed E-state index contributed by atoms with van der Waals surface area (Å²) in [5.74, 6) is -0.224. The number of amides is 2. The zero-order valence-electron chi connectivity index (χ0n) is 17.5. The largest absolute Gasteiger partial charge is 0.493 e. The molecular formula is C23H23ClN4O4. The molecule has 0 saturated heterocycles. The van der Waals surface area contributed by atoms with Crippen LogP contribution in [0.3, 0.4) is 0 Å². The Morgan fingerprint density at radius 2 is 1.78 bits per heavy atom. The fraction of sp³-hybridized carbons (Fsp3) is 0.217. The highest BCUT2D eigenvalue weighted by Crippen LogP contribution is 2.21. The summed E-state index contributed by atoms with van der Waals surface area (Å²) < 4.78 is 6.68. The number of carbonyl (C=O) groups excluding carboxylic acids is 2. The lowest BCUT2D eigenvalue weighted by molar-refractivity contribution is -0.129. The number of aryl methyl sites for hydroxylation is 1. The number of carbonyl (C=O) groups is 2. The maximum Gasteiger partial charge on any atom is 0.267 e. The van der Waals surface area contributed by atoms with E-state index in [4.69, 9.17) is 16.3 Å². The first-order valence-corrected chi connectivity index (χ1v) is 10.4. The molecule has 0 radical (unpaired) electrons. The normalized spacial score (nSPS) is 10.4. The predicted octanol–water partition coefficient (Wildman–Crippen LogP) is 2.88. The maximum atomic E-state index is 12.1. The maximum absolute atomic E-state index is 12.1. The fourth-order valence-electron chi connectivity index (χ4n) is 2.89. The molecule has 0 spiro atoms. The van der Waals surface area contributed by atoms with Crippen LogP contribution in [-0.4, -0.2) is 28.2 Å². The number of rotatable bonds is 8. The Labute approximate surface area is 190 Å². The first-order chi connectivity index (χ1) is 15.4. The van der Waals surface area contributed by atoms with Gasteiger partial charge in [0.15, 0.2) is 0 Å². The van der Waals surface area contributed by atoms with Gasteiger partial charge in [0.1, 0.15) is 12.3 Å². The second-order valence-corrected chi connectivity index (χ2v) is 7.48. The lowest BCUT2D eigenvalue weighted by Crippen LogP contribution is -2.44. The van der Waals surface area contributed by atoms with Gasteiger partial charge in [0.05, 0.1) is 12.3 Å². The van der Waals surface area contributed by atoms with E-state index < -0.39 is 11.5 Å². The van der Waals surface area contributed by atoms with Crippen LogP contribution in [0.4, 0.5) is 0 Å². The zero-order valence-corrected chi connectivity index (χ0v) is 18.3. The molecule has 0 bridgehead atoms. The Bertz CT molecular complexity index is 1150. The van der Waals surface area contributed by atoms with Gasteiger partial charge in [-0.15, -0.1) is 0 Å². The second kappa shape index (κ2) is 11.1. The lowest BCUT2D eigenvalue weighted by atomic mass is 10.1. The number of benzene rings is 2. The average Bonchev–Trinajstić information content (AvgIpc) is 2.78. The molecule has 32 heavy (non-hydrogen) atoms. The van der Waals surface area contributed by atoms with Gasteiger partial charge in [0.2, 0.25) is 5.91 Å². The standard InChI is InChI=1S/C23H23ClN4O4/c1-16-14-18(24)9-11-20(16)32-13-5-8-21(29)25-26-22(30)15-28-23(31)12-10-19(27-28)17-6-3-2-4-7-17/h2-4,6-7,9-12,14H,5,8,13,15H2,1H3,(H,25,29)(H,26,30). The highest BCUT2D eigenvalue weighted by Gasteiger charge is 2.09. The van der Waals surface area contributed by atoms with E-state index in [0.29, 0.717) is 29.5 Å². The first-order valence-electron chi connectivity index (χ1n) is 10.0. The minimum absolute atomic E-state index is 0.161. The van der Waals surface area contributed by atoms with E-state index in [1.165, 1.54) is 6.07 Å². The van der Waals surface area contributed by atoms with E-state index in [9.17, 15) is 14.4 Å². The molecule has 1 heterocycles. The van der Waals surface area contributed by atoms with Gasteiger partial charge in [-0.1, -0.05) is 41.9 Å². The number of hydrogen-bond acceptors (Lipinski definition) is 5. The lowest BCUT2D eigenvalue weighted by Gasteiger charge is -2.10. The Hall–Kier alpha value is -3.65. The number of nitrogens with zero attached hydrogens (tertiary/aromatic N) is 2. The molecule has 2 aromatic carbocycles. The Balaban J connectivity index is 1.42. The van der Waals surface area contributed by atoms with Crippen molar-refractivity contribution in [3.05, 3.63) is 81.6 Å². The molecular weight excluding hydrogens is 432 g/mol. The van der Waals surface area contributed by atoms with Gasteiger partial charge in [0.25, 0.3) is 11.5 Å². The Morgan fingerprint density at radius 3 is 2.53 bits per heavy atom. The van der Waals surface area contributed by atoms with Crippen molar-refractivity contribution in [2.24, 2.45) is 0 Å². The summed E-state index contributed by atoms with van der Waals surface area (Å²) in [5.41, 5.74) is 6.52. The zero-order chi connectivity index (χ0) is 22.9. The van der Waals surface area contributed by atoms with Gasteiger partial charge < -0.3 is 4.74 Å². The number of ether oxygens (including phenoxy) is 1. The molecule has 0 aliphatic rings. The highest BCUT2D eigenvalue weighted by atomic mass is 35.5. The summed E-state index contributed by atoms with van der Waals surface area (Å²) >= 11 is 5.91. The Morgan fingerprint density at radius 1 is 1.03 bits per heavy atom. The molecule has 166 valence electrons. The van der Waals surface area contributed by atoms with E-state index in [1.54, 1.807) is 24.3 Å². The molecule has 2 N–H and O–H groups in total. The van der Waals surface area contributed by atoms with Crippen molar-refractivity contribution in [1.82, 2.24) is 20.6 Å². The fourth-order valence-corrected chi connectivity index (χ4v) is 3.12. The van der Waals surface area contributed by atoms with Crippen molar-refractivity contribution in [3.8, 4) is 17.0 Å². The summed E-state index contributed by atoms with van der Waals surface area (Å²) in [4.78, 5) is 36.1. The minimum Gasteiger partial charge on any atom is -0.493 e. The van der Waals surface area contributed by atoms with Gasteiger partial charge in [-0.3, -0.25) is 25.2 Å². The molecule has 0 aliphatic carbocycles. The van der Waals surface area contributed by atoms with Crippen LogP contribution in [0.2, 0.25) is 5.02 Å². The smallest absolute Gasteiger partial charge is 0.267 e. The van der Waals surface area contributed by atoms with E-state index in [1.807, 2.05) is 37.3 Å². The molecule has 0 fully saturated rings. The second-order valence-electron chi connectivity index (χ2n) is 7.04. The van der Waals surface area contributed by atoms with Gasteiger partial charge >= 0.3 is 0 Å². The molecule has 3 rings (SSSR count). The van der Waals surface area contributed by atoms with Crippen LogP contribution in [-0.2, 0) is 16.1 Å². The number of hydrazine groups is 1. The molecule has 0 aliphatic heterocycles. The van der Waals surface area contributed by atoms with Crippen LogP contribution in [0.25, 0.3) is 11.3 Å². The molecule has 0 saturated carbocycles. The molecule has 3 aromatic rings. The number of nitrogens with one attached hydrogen (secondary N) is 2. The third kappa shape index (κ3) is 6.68. The van der Waals surface area contributed by atoms with Crippen molar-refractivity contribution < 1.29 is 14.3 Å². The monoisotopic (exact) mass is 454 g/mol. The molecule has 9 heteroatoms. The molecule has 8 nitrogen and oxygen atoms in total. The van der Waals surface area contributed by atoms with E-state index in [-0.39, 0.29) is 18.9 Å². The number of aromatic nitrogens is 2. The highest BCUT2D eigenvalue weighted by molar-refractivity contribution is 6.30. The predicted molar refractivity (Wildman–Crippen MR) is 121 cm³/mol. The van der Waals surface area contributed by atoms with Crippen molar-refractivity contribution >= 4 is 23.4 Å². The van der Waals surface area contributed by atoms with Gasteiger partial charge in [-0.25, -0.2) is 4.68 Å². The van der Waals surface area contributed by atoms with Crippen LogP contribution in [0, 0.1) is 6.92 Å². The molecule has 0 unspecified atom stereocenters. The third-order valence-electron chi connectivity index (χ3n) is 4.51. The van der Waals surface area contributed by atoms with Gasteiger partial charge in [-0.2, -0.15) is 5.10 Å². The average molecular weight is 455 g/mol. The SMILES string of the molecule is Cc1cc(Cl)ccc1OCCCC(=O)NNC(=O)Cn1nc(-c2ccccc2)ccc1=O. The van der Waals surface area contributed by atoms with Crippen molar-refractivity contribution in [2.45, 2.75) is 26.3 Å². The van der Waals surface area contributed by atoms with Gasteiger partial charge in [0, 0.05) is 23.1 Å². The summed E-state index contributed by atoms with van der Waals surface area (Å²) in [6.45, 7) is 1.91. The van der Waals surface area contributed by atoms with Crippen molar-refractivity contribution in [3.63, 3.8) is 0 Å². The first kappa shape index (κ1) is 23.0. The third-order valence-corrected chi connectivity index (χ3v) is 4.75. The van der Waals surface area contributed by atoms with E-state index in [2.05, 4.69) is 16.0 Å². The minimum atomic E-state index is -0.564. The van der Waals surface area contributed by atoms with E-state index >= 15 is 0 Å². The van der Waals surface area contributed by atoms with E-state index in [0.717, 1.165) is 15.8 Å². The summed E-state index contributed by atoms with van der Waals surface area (Å²) in [6.07, 6.45) is 0.624. The summed E-state index contributed by atoms with van der Waals surface area (Å²) in [7, 11) is 0. The quantitative estimate of drug-likeness (QED) is 0.402. The van der Waals surface area contributed by atoms with Crippen LogP contribution >= 0.6 is 11.6 Å². The number of hydrogen-bond donors (Lipinski definition) is 2. The molecule has 2 amide bonds. The molecule has 0 atom stereocenters. The summed E-state index contributed by atoms with van der Waals surface area (Å²) in [5, 5.41) is 4.85. The Kier molecular flexibility index (Phi) is 7.99. The van der Waals surface area contributed by atoms with Crippen molar-refractivity contribution in [2.75, 3.05) is 6.61 Å². The van der Waals surface area contributed by atoms with Crippen LogP contribution in [0.15, 0.2) is 65.5 Å². The van der Waals surface area contributed by atoms with Crippen LogP contribution in [0.5, 0.6) is 5.75 Å². The summed E-state index contributed by atoms with van der Waals surface area (Å²) in [6, 6.07) is 17.6. The van der Waals surface area contributed by atoms with Gasteiger partial charge in [-0.05, 0) is 43.2 Å². The van der Waals surface area contributed by atoms with Crippen molar-refractivity contribution in [1.29, 1.82) is 0 Å². The topological polar surface area (TPSA) is 102 Å². The number of halogens is 1. The van der Waals surface area contributed by atoms with Crippen LogP contribution < -0.4 is 21.1 Å². The molecule has 1 aromatic heterocycles.